The lowest BCUT2D eigenvalue weighted by atomic mass is 10.2. The second-order valence-corrected chi connectivity index (χ2v) is 4.77. The summed E-state index contributed by atoms with van der Waals surface area (Å²) in [6.45, 7) is 3.92. The van der Waals surface area contributed by atoms with Crippen molar-refractivity contribution in [2.24, 2.45) is 0 Å². The molecule has 14 heavy (non-hydrogen) atoms. The number of nitrogens with zero attached hydrogens (tertiary/aromatic N) is 1. The van der Waals surface area contributed by atoms with Crippen molar-refractivity contribution in [1.29, 1.82) is 5.26 Å². The zero-order valence-electron chi connectivity index (χ0n) is 8.41. The van der Waals surface area contributed by atoms with Gasteiger partial charge in [0.2, 0.25) is 0 Å². The Bertz CT molecular complexity index is 393. The van der Waals surface area contributed by atoms with Gasteiger partial charge in [-0.15, -0.1) is 0 Å². The summed E-state index contributed by atoms with van der Waals surface area (Å²) in [4.78, 5) is 0.861. The second kappa shape index (κ2) is 4.92. The van der Waals surface area contributed by atoms with E-state index in [0.717, 1.165) is 16.0 Å². The largest absolute Gasteiger partial charge is 0.254 e. The van der Waals surface area contributed by atoms with Crippen LogP contribution in [0.1, 0.15) is 17.5 Å². The lowest BCUT2D eigenvalue weighted by Gasteiger charge is -2.05. The fourth-order valence-corrected chi connectivity index (χ4v) is 2.44. The zero-order chi connectivity index (χ0) is 10.6. The van der Waals surface area contributed by atoms with Crippen LogP contribution in [-0.2, 0) is 10.8 Å². The van der Waals surface area contributed by atoms with E-state index in [9.17, 15) is 4.21 Å². The van der Waals surface area contributed by atoms with Gasteiger partial charge < -0.3 is 0 Å². The average molecular weight is 207 g/mol. The summed E-state index contributed by atoms with van der Waals surface area (Å²) >= 11 is 0. The normalized spacial score (nSPS) is 12.1. The first-order valence-electron chi connectivity index (χ1n) is 4.47. The van der Waals surface area contributed by atoms with Crippen molar-refractivity contribution < 1.29 is 4.21 Å². The maximum Gasteiger partial charge on any atom is 0.0631 e. The fraction of sp³-hybridized carbons (Fsp3) is 0.364. The maximum atomic E-state index is 11.7. The van der Waals surface area contributed by atoms with E-state index in [-0.39, 0.29) is 0 Å². The number of nitriles is 1. The molecule has 0 aromatic heterocycles. The Hall–Kier alpha value is -1.14. The van der Waals surface area contributed by atoms with E-state index in [2.05, 4.69) is 0 Å². The van der Waals surface area contributed by atoms with Gasteiger partial charge in [0.1, 0.15) is 0 Å². The minimum Gasteiger partial charge on any atom is -0.254 e. The molecule has 0 heterocycles. The molecule has 1 rings (SSSR count). The van der Waals surface area contributed by atoms with Crippen LogP contribution in [0.25, 0.3) is 0 Å². The first-order chi connectivity index (χ1) is 6.65. The van der Waals surface area contributed by atoms with Gasteiger partial charge in [0.05, 0.1) is 16.9 Å². The molecule has 0 amide bonds. The summed E-state index contributed by atoms with van der Waals surface area (Å²) in [5.41, 5.74) is 2.14. The van der Waals surface area contributed by atoms with Gasteiger partial charge in [-0.3, -0.25) is 4.21 Å². The first-order valence-corrected chi connectivity index (χ1v) is 5.79. The monoisotopic (exact) mass is 207 g/mol. The Morgan fingerprint density at radius 1 is 1.43 bits per heavy atom. The minimum atomic E-state index is -1.03. The topological polar surface area (TPSA) is 40.9 Å². The van der Waals surface area contributed by atoms with Gasteiger partial charge in [-0.25, -0.2) is 0 Å². The van der Waals surface area contributed by atoms with Gasteiger partial charge >= 0.3 is 0 Å². The molecule has 0 saturated carbocycles. The van der Waals surface area contributed by atoms with Crippen molar-refractivity contribution in [3.05, 3.63) is 29.3 Å². The molecule has 1 aromatic carbocycles. The van der Waals surface area contributed by atoms with Crippen molar-refractivity contribution in [1.82, 2.24) is 0 Å². The zero-order valence-corrected chi connectivity index (χ0v) is 9.23. The van der Waals surface area contributed by atoms with Crippen molar-refractivity contribution in [3.8, 4) is 6.07 Å². The summed E-state index contributed by atoms with van der Waals surface area (Å²) in [7, 11) is -1.03. The number of hydrogen-bond donors (Lipinski definition) is 0. The van der Waals surface area contributed by atoms with Gasteiger partial charge in [0.15, 0.2) is 0 Å². The van der Waals surface area contributed by atoms with Gasteiger partial charge in [0, 0.05) is 17.1 Å². The highest BCUT2D eigenvalue weighted by molar-refractivity contribution is 7.85. The van der Waals surface area contributed by atoms with Crippen LogP contribution in [0.15, 0.2) is 23.1 Å². The molecule has 3 heteroatoms. The van der Waals surface area contributed by atoms with Gasteiger partial charge in [-0.2, -0.15) is 5.26 Å². The standard InChI is InChI=1S/C11H13NOS/c1-9-4-5-10(2)11(8-9)14(13)7-3-6-12/h4-5,8H,3,7H2,1-2H3. The van der Waals surface area contributed by atoms with Gasteiger partial charge in [-0.1, -0.05) is 12.1 Å². The van der Waals surface area contributed by atoms with Crippen LogP contribution in [0.3, 0.4) is 0 Å². The van der Waals surface area contributed by atoms with E-state index < -0.39 is 10.8 Å². The van der Waals surface area contributed by atoms with Crippen molar-refractivity contribution in [2.45, 2.75) is 25.2 Å². The van der Waals surface area contributed by atoms with Crippen LogP contribution in [0.5, 0.6) is 0 Å². The van der Waals surface area contributed by atoms with E-state index >= 15 is 0 Å². The molecule has 0 spiro atoms. The number of hydrogen-bond acceptors (Lipinski definition) is 2. The summed E-state index contributed by atoms with van der Waals surface area (Å²) in [6, 6.07) is 7.91. The van der Waals surface area contributed by atoms with Crippen LogP contribution < -0.4 is 0 Å². The maximum absolute atomic E-state index is 11.7. The number of aryl methyl sites for hydroxylation is 2. The molecule has 0 aliphatic rings. The third-order valence-electron chi connectivity index (χ3n) is 1.99. The Kier molecular flexibility index (Phi) is 3.84. The number of rotatable bonds is 3. The molecular formula is C11H13NOS. The summed E-state index contributed by atoms with van der Waals surface area (Å²) < 4.78 is 11.7. The molecule has 1 aromatic rings. The van der Waals surface area contributed by atoms with Crippen LogP contribution in [-0.4, -0.2) is 9.96 Å². The van der Waals surface area contributed by atoms with E-state index in [1.54, 1.807) is 0 Å². The van der Waals surface area contributed by atoms with Crippen LogP contribution in [0.2, 0.25) is 0 Å². The Morgan fingerprint density at radius 3 is 2.79 bits per heavy atom. The summed E-state index contributed by atoms with van der Waals surface area (Å²) in [5.74, 6) is 0.431. The van der Waals surface area contributed by atoms with E-state index in [4.69, 9.17) is 5.26 Å². The molecule has 0 radical (unpaired) electrons. The first kappa shape index (κ1) is 10.9. The molecule has 74 valence electrons. The highest BCUT2D eigenvalue weighted by Crippen LogP contribution is 2.15. The quantitative estimate of drug-likeness (QED) is 0.763. The van der Waals surface area contributed by atoms with E-state index in [1.165, 1.54) is 0 Å². The predicted octanol–water partition coefficient (Wildman–Crippen LogP) is 2.32. The van der Waals surface area contributed by atoms with Crippen LogP contribution in [0, 0.1) is 25.2 Å². The summed E-state index contributed by atoms with van der Waals surface area (Å²) in [6.07, 6.45) is 0.347. The molecule has 0 aliphatic heterocycles. The Labute approximate surface area is 87.0 Å². The predicted molar refractivity (Wildman–Crippen MR) is 57.4 cm³/mol. The molecule has 0 bridgehead atoms. The molecule has 0 saturated heterocycles. The molecule has 1 unspecified atom stereocenters. The van der Waals surface area contributed by atoms with Crippen molar-refractivity contribution >= 4 is 10.8 Å². The highest BCUT2D eigenvalue weighted by atomic mass is 32.2. The second-order valence-electron chi connectivity index (χ2n) is 3.23. The molecular weight excluding hydrogens is 194 g/mol. The van der Waals surface area contributed by atoms with Crippen molar-refractivity contribution in [3.63, 3.8) is 0 Å². The van der Waals surface area contributed by atoms with E-state index in [1.807, 2.05) is 38.1 Å². The van der Waals surface area contributed by atoms with Gasteiger partial charge in [0.25, 0.3) is 0 Å². The molecule has 1 atom stereocenters. The number of benzene rings is 1. The molecule has 0 N–H and O–H groups in total. The van der Waals surface area contributed by atoms with Crippen LogP contribution >= 0.6 is 0 Å². The SMILES string of the molecule is Cc1ccc(C)c(S(=O)CCC#N)c1. The fourth-order valence-electron chi connectivity index (χ4n) is 1.20. The Balaban J connectivity index is 2.90. The smallest absolute Gasteiger partial charge is 0.0631 e. The minimum absolute atomic E-state index is 0.347. The Morgan fingerprint density at radius 2 is 2.14 bits per heavy atom. The van der Waals surface area contributed by atoms with Gasteiger partial charge in [-0.05, 0) is 31.0 Å². The molecule has 0 fully saturated rings. The van der Waals surface area contributed by atoms with Crippen LogP contribution in [0.4, 0.5) is 0 Å². The average Bonchev–Trinajstić information content (AvgIpc) is 2.18. The summed E-state index contributed by atoms with van der Waals surface area (Å²) in [5, 5.41) is 8.40. The molecule has 0 aliphatic carbocycles. The van der Waals surface area contributed by atoms with Crippen molar-refractivity contribution in [2.75, 3.05) is 5.75 Å². The molecule has 2 nitrogen and oxygen atoms in total. The highest BCUT2D eigenvalue weighted by Gasteiger charge is 2.06. The van der Waals surface area contributed by atoms with E-state index in [0.29, 0.717) is 12.2 Å². The lowest BCUT2D eigenvalue weighted by Crippen LogP contribution is -2.00. The lowest BCUT2D eigenvalue weighted by molar-refractivity contribution is 0.682. The third kappa shape index (κ3) is 2.68. The third-order valence-corrected chi connectivity index (χ3v) is 3.49.